The summed E-state index contributed by atoms with van der Waals surface area (Å²) in [5, 5.41) is 8.80. The molecule has 2 aromatic heterocycles. The van der Waals surface area contributed by atoms with E-state index in [1.165, 1.54) is 5.56 Å². The molecular weight excluding hydrogens is 396 g/mol. The number of carbonyl (C=O) groups excluding carboxylic acids is 1. The van der Waals surface area contributed by atoms with Gasteiger partial charge >= 0.3 is 0 Å². The summed E-state index contributed by atoms with van der Waals surface area (Å²) in [6.07, 6.45) is 5.56. The maximum absolute atomic E-state index is 13.7. The van der Waals surface area contributed by atoms with Crippen LogP contribution < -0.4 is 5.32 Å². The van der Waals surface area contributed by atoms with Crippen molar-refractivity contribution in [2.24, 2.45) is 0 Å². The minimum atomic E-state index is -0.451. The lowest BCUT2D eigenvalue weighted by atomic mass is 9.96. The summed E-state index contributed by atoms with van der Waals surface area (Å²) in [6.45, 7) is 1.27. The van der Waals surface area contributed by atoms with Crippen molar-refractivity contribution < 1.29 is 4.79 Å². The van der Waals surface area contributed by atoms with Crippen LogP contribution in [0, 0.1) is 0 Å². The molecule has 0 saturated heterocycles. The molecular formula is C27H24N4O. The summed E-state index contributed by atoms with van der Waals surface area (Å²) in [6, 6.07) is 27.6. The van der Waals surface area contributed by atoms with Crippen molar-refractivity contribution >= 4 is 16.7 Å². The molecule has 1 unspecified atom stereocenters. The van der Waals surface area contributed by atoms with Crippen LogP contribution in [0.4, 0.5) is 0 Å². The van der Waals surface area contributed by atoms with Crippen LogP contribution in [0.2, 0.25) is 0 Å². The van der Waals surface area contributed by atoms with Crippen molar-refractivity contribution in [3.63, 3.8) is 0 Å². The van der Waals surface area contributed by atoms with Crippen molar-refractivity contribution in [3.8, 4) is 0 Å². The quantitative estimate of drug-likeness (QED) is 0.342. The number of aromatic nitrogens is 3. The third-order valence-electron chi connectivity index (χ3n) is 5.76. The standard InChI is InChI=1S/C27H24N4O/c32-27(24-18-28-25-14-7-6-13-23(24)25)26(20-9-2-1-3-10-20)29-17-21-11-4-5-12-22(21)19-31-16-8-15-30-31/h1-16,18,26,28-29H,17,19H2. The molecule has 2 N–H and O–H groups in total. The first kappa shape index (κ1) is 20.0. The third kappa shape index (κ3) is 4.11. The predicted molar refractivity (Wildman–Crippen MR) is 126 cm³/mol. The normalized spacial score (nSPS) is 12.1. The number of H-pyrrole nitrogens is 1. The number of hydrogen-bond acceptors (Lipinski definition) is 3. The molecule has 3 aromatic carbocycles. The Bertz CT molecular complexity index is 1320. The zero-order chi connectivity index (χ0) is 21.8. The van der Waals surface area contributed by atoms with E-state index in [-0.39, 0.29) is 5.78 Å². The molecule has 0 bridgehead atoms. The van der Waals surface area contributed by atoms with Gasteiger partial charge in [0.25, 0.3) is 0 Å². The molecule has 5 nitrogen and oxygen atoms in total. The molecule has 0 amide bonds. The van der Waals surface area contributed by atoms with Gasteiger partial charge in [0.05, 0.1) is 12.6 Å². The van der Waals surface area contributed by atoms with E-state index in [9.17, 15) is 4.79 Å². The van der Waals surface area contributed by atoms with Crippen LogP contribution in [-0.4, -0.2) is 20.5 Å². The fourth-order valence-corrected chi connectivity index (χ4v) is 4.10. The van der Waals surface area contributed by atoms with Crippen LogP contribution in [0.3, 0.4) is 0 Å². The van der Waals surface area contributed by atoms with E-state index < -0.39 is 6.04 Å². The van der Waals surface area contributed by atoms with Crippen LogP contribution in [0.5, 0.6) is 0 Å². The van der Waals surface area contributed by atoms with Gasteiger partial charge in [0, 0.05) is 41.6 Å². The van der Waals surface area contributed by atoms with Gasteiger partial charge in [-0.3, -0.25) is 14.8 Å². The summed E-state index contributed by atoms with van der Waals surface area (Å²) in [4.78, 5) is 16.9. The Balaban J connectivity index is 1.44. The molecule has 2 heterocycles. The Morgan fingerprint density at radius 1 is 0.906 bits per heavy atom. The molecule has 5 heteroatoms. The van der Waals surface area contributed by atoms with Gasteiger partial charge in [0.15, 0.2) is 5.78 Å². The Labute approximate surface area is 186 Å². The number of ketones is 1. The number of para-hydroxylation sites is 1. The van der Waals surface area contributed by atoms with Crippen LogP contribution in [0.15, 0.2) is 104 Å². The Kier molecular flexibility index (Phi) is 5.64. The van der Waals surface area contributed by atoms with E-state index in [1.807, 2.05) is 89.9 Å². The highest BCUT2D eigenvalue weighted by Crippen LogP contribution is 2.25. The van der Waals surface area contributed by atoms with Crippen molar-refractivity contribution in [2.45, 2.75) is 19.1 Å². The first-order chi connectivity index (χ1) is 15.8. The van der Waals surface area contributed by atoms with E-state index in [0.29, 0.717) is 18.7 Å². The SMILES string of the molecule is O=C(c1c[nH]c2ccccc12)C(NCc1ccccc1Cn1cccn1)c1ccccc1. The van der Waals surface area contributed by atoms with E-state index in [1.54, 1.807) is 6.20 Å². The molecule has 1 atom stereocenters. The number of fused-ring (bicyclic) bond motifs is 1. The zero-order valence-electron chi connectivity index (χ0n) is 17.6. The fourth-order valence-electron chi connectivity index (χ4n) is 4.10. The lowest BCUT2D eigenvalue weighted by Gasteiger charge is -2.19. The summed E-state index contributed by atoms with van der Waals surface area (Å²) < 4.78 is 1.91. The van der Waals surface area contributed by atoms with Gasteiger partial charge in [0.2, 0.25) is 0 Å². The van der Waals surface area contributed by atoms with Gasteiger partial charge in [-0.1, -0.05) is 72.8 Å². The maximum Gasteiger partial charge on any atom is 0.186 e. The summed E-state index contributed by atoms with van der Waals surface area (Å²) >= 11 is 0. The Morgan fingerprint density at radius 2 is 1.66 bits per heavy atom. The van der Waals surface area contributed by atoms with Gasteiger partial charge in [-0.05, 0) is 28.8 Å². The largest absolute Gasteiger partial charge is 0.360 e. The minimum Gasteiger partial charge on any atom is -0.360 e. The molecule has 0 aliphatic carbocycles. The first-order valence-electron chi connectivity index (χ1n) is 10.7. The second kappa shape index (κ2) is 9.04. The molecule has 0 fully saturated rings. The zero-order valence-corrected chi connectivity index (χ0v) is 17.6. The number of Topliss-reactive ketones (excluding diaryl/α,β-unsaturated/α-hetero) is 1. The number of benzene rings is 3. The second-order valence-electron chi connectivity index (χ2n) is 7.81. The average Bonchev–Trinajstić information content (AvgIpc) is 3.51. The van der Waals surface area contributed by atoms with Crippen molar-refractivity contribution in [1.82, 2.24) is 20.1 Å². The van der Waals surface area contributed by atoms with E-state index in [4.69, 9.17) is 0 Å². The van der Waals surface area contributed by atoms with Gasteiger partial charge in [-0.2, -0.15) is 5.10 Å². The number of nitrogens with one attached hydrogen (secondary N) is 2. The number of hydrogen-bond donors (Lipinski definition) is 2. The average molecular weight is 421 g/mol. The van der Waals surface area contributed by atoms with E-state index in [0.717, 1.165) is 22.0 Å². The molecule has 0 aliphatic rings. The first-order valence-corrected chi connectivity index (χ1v) is 10.7. The Morgan fingerprint density at radius 3 is 2.47 bits per heavy atom. The van der Waals surface area contributed by atoms with Gasteiger partial charge in [-0.25, -0.2) is 0 Å². The topological polar surface area (TPSA) is 62.7 Å². The molecule has 158 valence electrons. The molecule has 5 aromatic rings. The minimum absolute atomic E-state index is 0.0539. The van der Waals surface area contributed by atoms with Crippen LogP contribution in [0.1, 0.15) is 33.1 Å². The Hall–Kier alpha value is -3.96. The molecule has 0 spiro atoms. The lowest BCUT2D eigenvalue weighted by Crippen LogP contribution is -2.29. The van der Waals surface area contributed by atoms with Crippen molar-refractivity contribution in [2.75, 3.05) is 0 Å². The number of nitrogens with zero attached hydrogens (tertiary/aromatic N) is 2. The van der Waals surface area contributed by atoms with Crippen molar-refractivity contribution in [3.05, 3.63) is 126 Å². The lowest BCUT2D eigenvalue weighted by molar-refractivity contribution is 0.0943. The highest BCUT2D eigenvalue weighted by molar-refractivity contribution is 6.10. The smallest absolute Gasteiger partial charge is 0.186 e. The highest BCUT2D eigenvalue weighted by Gasteiger charge is 2.24. The molecule has 32 heavy (non-hydrogen) atoms. The predicted octanol–water partition coefficient (Wildman–Crippen LogP) is 5.13. The maximum atomic E-state index is 13.7. The number of aromatic amines is 1. The number of carbonyl (C=O) groups is 1. The molecule has 0 radical (unpaired) electrons. The van der Waals surface area contributed by atoms with Crippen LogP contribution in [-0.2, 0) is 13.1 Å². The monoisotopic (exact) mass is 420 g/mol. The highest BCUT2D eigenvalue weighted by atomic mass is 16.1. The van der Waals surface area contributed by atoms with Gasteiger partial charge < -0.3 is 4.98 Å². The fraction of sp³-hybridized carbons (Fsp3) is 0.111. The summed E-state index contributed by atoms with van der Waals surface area (Å²) in [5.74, 6) is 0.0539. The van der Waals surface area contributed by atoms with Crippen LogP contribution >= 0.6 is 0 Å². The third-order valence-corrected chi connectivity index (χ3v) is 5.76. The second-order valence-corrected chi connectivity index (χ2v) is 7.81. The number of rotatable bonds is 8. The van der Waals surface area contributed by atoms with E-state index >= 15 is 0 Å². The van der Waals surface area contributed by atoms with E-state index in [2.05, 4.69) is 27.5 Å². The molecule has 0 saturated carbocycles. The van der Waals surface area contributed by atoms with Crippen LogP contribution in [0.25, 0.3) is 10.9 Å². The molecule has 5 rings (SSSR count). The van der Waals surface area contributed by atoms with Gasteiger partial charge in [0.1, 0.15) is 0 Å². The molecule has 0 aliphatic heterocycles. The summed E-state index contributed by atoms with van der Waals surface area (Å²) in [7, 11) is 0. The summed E-state index contributed by atoms with van der Waals surface area (Å²) in [5.41, 5.74) is 4.94. The van der Waals surface area contributed by atoms with Crippen molar-refractivity contribution in [1.29, 1.82) is 0 Å². The van der Waals surface area contributed by atoms with Gasteiger partial charge in [-0.15, -0.1) is 0 Å².